The van der Waals surface area contributed by atoms with Gasteiger partial charge in [0.1, 0.15) is 11.2 Å². The van der Waals surface area contributed by atoms with Crippen LogP contribution in [-0.2, 0) is 0 Å². The highest BCUT2D eigenvalue weighted by molar-refractivity contribution is 6.23. The zero-order valence-corrected chi connectivity index (χ0v) is 29.6. The summed E-state index contributed by atoms with van der Waals surface area (Å²) in [7, 11) is 0. The molecule has 1 fully saturated rings. The number of fused-ring (bicyclic) bond motifs is 14. The van der Waals surface area contributed by atoms with E-state index in [2.05, 4.69) is 146 Å². The summed E-state index contributed by atoms with van der Waals surface area (Å²) in [5.74, 6) is 1.19. The Balaban J connectivity index is 0.973. The number of rotatable bonds is 4. The molecule has 8 aromatic carbocycles. The molecule has 0 saturated heterocycles. The van der Waals surface area contributed by atoms with Crippen LogP contribution in [-0.4, -0.2) is 9.97 Å². The van der Waals surface area contributed by atoms with Crippen LogP contribution >= 0.6 is 0 Å². The molecule has 0 amide bonds. The lowest BCUT2D eigenvalue weighted by Crippen LogP contribution is -2.03. The first-order chi connectivity index (χ1) is 26.8. The third-order valence-corrected chi connectivity index (χ3v) is 12.3. The topological polar surface area (TPSA) is 38.9 Å². The third-order valence-electron chi connectivity index (χ3n) is 12.3. The van der Waals surface area contributed by atoms with E-state index in [0.717, 1.165) is 60.6 Å². The van der Waals surface area contributed by atoms with Gasteiger partial charge in [0.2, 0.25) is 0 Å². The van der Waals surface area contributed by atoms with Crippen molar-refractivity contribution in [2.75, 3.05) is 0 Å². The summed E-state index contributed by atoms with van der Waals surface area (Å²) >= 11 is 0. The smallest absolute Gasteiger partial charge is 0.143 e. The second kappa shape index (κ2) is 11.5. The molecule has 54 heavy (non-hydrogen) atoms. The maximum atomic E-state index is 6.45. The van der Waals surface area contributed by atoms with Gasteiger partial charge in [-0.2, -0.15) is 0 Å². The van der Waals surface area contributed by atoms with Crippen LogP contribution in [0, 0.1) is 0 Å². The molecule has 0 spiro atoms. The molecule has 12 rings (SSSR count). The Morgan fingerprint density at radius 2 is 0.981 bits per heavy atom. The Morgan fingerprint density at radius 3 is 1.69 bits per heavy atom. The Labute approximate surface area is 312 Å². The van der Waals surface area contributed by atoms with Gasteiger partial charge < -0.3 is 4.42 Å². The van der Waals surface area contributed by atoms with Gasteiger partial charge in [-0.05, 0) is 99.0 Å². The zero-order chi connectivity index (χ0) is 35.3. The molecule has 10 aromatic rings. The molecule has 2 aliphatic carbocycles. The highest BCUT2D eigenvalue weighted by Gasteiger charge is 2.40. The van der Waals surface area contributed by atoms with Crippen molar-refractivity contribution in [3.63, 3.8) is 0 Å². The molecule has 3 nitrogen and oxygen atoms in total. The van der Waals surface area contributed by atoms with Crippen LogP contribution in [0.1, 0.15) is 42.2 Å². The fraction of sp³-hybridized carbons (Fsp3) is 0.0980. The molecular formula is C51H34N2O. The Morgan fingerprint density at radius 1 is 0.444 bits per heavy atom. The van der Waals surface area contributed by atoms with E-state index in [9.17, 15) is 0 Å². The lowest BCUT2D eigenvalue weighted by Gasteiger charge is -2.23. The molecule has 0 aliphatic heterocycles. The van der Waals surface area contributed by atoms with Crippen molar-refractivity contribution in [1.82, 2.24) is 9.97 Å². The summed E-state index contributed by atoms with van der Waals surface area (Å²) in [5.41, 5.74) is 16.4. The molecular weight excluding hydrogens is 657 g/mol. The van der Waals surface area contributed by atoms with Gasteiger partial charge in [-0.15, -0.1) is 0 Å². The second-order valence-electron chi connectivity index (χ2n) is 15.2. The molecule has 2 atom stereocenters. The average molecular weight is 691 g/mol. The Hall–Kier alpha value is -6.58. The summed E-state index contributed by atoms with van der Waals surface area (Å²) in [4.78, 5) is 10.4. The Kier molecular flexibility index (Phi) is 6.35. The standard InChI is InChI=1S/C51H34N2O/c1-3-17-42-39(14-1)40-15-2-4-18-43(40)50-49(42)52-29-45(53-50)33-13-8-11-31(27-33)37-25-24-36(47-34-22-23-35(28-34)48(37)47)30-10-7-12-32(26-30)38-19-9-20-44-41-16-5-6-21-46(41)54-51(38)44/h1-21,24-27,29,34-35H,22-23,28H2. The first kappa shape index (κ1) is 29.9. The van der Waals surface area contributed by atoms with Gasteiger partial charge in [-0.25, -0.2) is 4.98 Å². The summed E-state index contributed by atoms with van der Waals surface area (Å²) in [6, 6.07) is 54.8. The highest BCUT2D eigenvalue weighted by Crippen LogP contribution is 2.58. The van der Waals surface area contributed by atoms with Crippen LogP contribution in [0.25, 0.3) is 99.2 Å². The highest BCUT2D eigenvalue weighted by atomic mass is 16.3. The van der Waals surface area contributed by atoms with Crippen molar-refractivity contribution >= 4 is 54.5 Å². The van der Waals surface area contributed by atoms with E-state index in [4.69, 9.17) is 14.4 Å². The largest absolute Gasteiger partial charge is 0.455 e. The molecule has 3 heteroatoms. The zero-order valence-electron chi connectivity index (χ0n) is 29.6. The molecule has 2 aliphatic rings. The van der Waals surface area contributed by atoms with E-state index in [1.54, 1.807) is 11.1 Å². The third kappa shape index (κ3) is 4.36. The summed E-state index contributed by atoms with van der Waals surface area (Å²) in [6.45, 7) is 0. The number of hydrogen-bond acceptors (Lipinski definition) is 3. The van der Waals surface area contributed by atoms with Crippen molar-refractivity contribution in [2.45, 2.75) is 31.1 Å². The van der Waals surface area contributed by atoms with Gasteiger partial charge in [0.05, 0.1) is 22.9 Å². The van der Waals surface area contributed by atoms with Gasteiger partial charge in [0, 0.05) is 32.7 Å². The molecule has 2 bridgehead atoms. The van der Waals surface area contributed by atoms with Crippen molar-refractivity contribution in [3.8, 4) is 44.6 Å². The van der Waals surface area contributed by atoms with Gasteiger partial charge in [0.15, 0.2) is 0 Å². The van der Waals surface area contributed by atoms with E-state index in [1.165, 1.54) is 57.9 Å². The predicted molar refractivity (Wildman–Crippen MR) is 223 cm³/mol. The van der Waals surface area contributed by atoms with E-state index >= 15 is 0 Å². The van der Waals surface area contributed by atoms with Gasteiger partial charge in [-0.1, -0.05) is 133 Å². The van der Waals surface area contributed by atoms with E-state index in [0.29, 0.717) is 11.8 Å². The molecule has 0 radical (unpaired) electrons. The number of furan rings is 1. The van der Waals surface area contributed by atoms with Gasteiger partial charge in [-0.3, -0.25) is 4.98 Å². The monoisotopic (exact) mass is 690 g/mol. The van der Waals surface area contributed by atoms with Crippen molar-refractivity contribution in [2.24, 2.45) is 0 Å². The lowest BCUT2D eigenvalue weighted by atomic mass is 9.81. The normalized spacial score (nSPS) is 16.3. The van der Waals surface area contributed by atoms with Crippen molar-refractivity contribution in [1.29, 1.82) is 0 Å². The molecule has 1 saturated carbocycles. The summed E-state index contributed by atoms with van der Waals surface area (Å²) in [6.07, 6.45) is 5.73. The molecule has 254 valence electrons. The minimum atomic E-state index is 0.594. The van der Waals surface area contributed by atoms with Crippen molar-refractivity contribution in [3.05, 3.63) is 169 Å². The van der Waals surface area contributed by atoms with Crippen LogP contribution < -0.4 is 0 Å². The molecule has 0 N–H and O–H groups in total. The number of nitrogens with zero attached hydrogens (tertiary/aromatic N) is 2. The fourth-order valence-corrected chi connectivity index (χ4v) is 9.96. The van der Waals surface area contributed by atoms with Crippen LogP contribution in [0.2, 0.25) is 0 Å². The number of aromatic nitrogens is 2. The SMILES string of the molecule is c1cc(-c2cnc3c4ccccc4c4ccccc4c3n2)cc(-c2ccc(-c3cccc(-c4cccc5c4oc4ccccc45)c3)c3c2C2CCC3C2)c1. The summed E-state index contributed by atoms with van der Waals surface area (Å²) < 4.78 is 6.45. The van der Waals surface area contributed by atoms with Gasteiger partial charge >= 0.3 is 0 Å². The van der Waals surface area contributed by atoms with Crippen LogP contribution in [0.3, 0.4) is 0 Å². The van der Waals surface area contributed by atoms with Crippen LogP contribution in [0.4, 0.5) is 0 Å². The second-order valence-corrected chi connectivity index (χ2v) is 15.2. The van der Waals surface area contributed by atoms with E-state index < -0.39 is 0 Å². The molecule has 2 unspecified atom stereocenters. The first-order valence-corrected chi connectivity index (χ1v) is 19.1. The molecule has 2 aromatic heterocycles. The minimum Gasteiger partial charge on any atom is -0.455 e. The Bertz CT molecular complexity index is 3140. The first-order valence-electron chi connectivity index (χ1n) is 19.1. The van der Waals surface area contributed by atoms with E-state index in [-0.39, 0.29) is 0 Å². The maximum Gasteiger partial charge on any atom is 0.143 e. The fourth-order valence-electron chi connectivity index (χ4n) is 9.96. The van der Waals surface area contributed by atoms with Crippen molar-refractivity contribution < 1.29 is 4.42 Å². The minimum absolute atomic E-state index is 0.594. The molecule has 2 heterocycles. The number of para-hydroxylation sites is 2. The lowest BCUT2D eigenvalue weighted by molar-refractivity contribution is 0.670. The average Bonchev–Trinajstić information content (AvgIpc) is 3.98. The van der Waals surface area contributed by atoms with E-state index in [1.807, 2.05) is 12.3 Å². The van der Waals surface area contributed by atoms with Gasteiger partial charge in [0.25, 0.3) is 0 Å². The number of hydrogen-bond donors (Lipinski definition) is 0. The maximum absolute atomic E-state index is 6.45. The quantitative estimate of drug-likeness (QED) is 0.173. The van der Waals surface area contributed by atoms with Crippen LogP contribution in [0.5, 0.6) is 0 Å². The predicted octanol–water partition coefficient (Wildman–Crippen LogP) is 13.9. The number of benzene rings is 8. The van der Waals surface area contributed by atoms with Crippen LogP contribution in [0.15, 0.2) is 162 Å². The summed E-state index contributed by atoms with van der Waals surface area (Å²) in [5, 5.41) is 7.03.